The maximum absolute atomic E-state index is 13.6. The first-order chi connectivity index (χ1) is 15.7. The van der Waals surface area contributed by atoms with Crippen LogP contribution in [-0.2, 0) is 6.54 Å². The number of pyridine rings is 1. The number of imidazole rings is 1. The molecule has 2 saturated heterocycles. The first-order valence-electron chi connectivity index (χ1n) is 12.6. The molecule has 174 valence electrons. The van der Waals surface area contributed by atoms with Gasteiger partial charge in [-0.15, -0.1) is 0 Å². The van der Waals surface area contributed by atoms with Gasteiger partial charge in [0, 0.05) is 51.0 Å². The standard InChI is InChI=1S/C25H37N5O2/c31-19-21-10-4-6-12-29(21)18-22-24(26-23-11-5-7-13-30(22)23)25(32)28-16-14-27(15-17-28)20-8-2-1-3-9-20/h5,7,11,13,20-21,31H,1-4,6,8-10,12,14-19H2/t21-/m0/s1. The quantitative estimate of drug-likeness (QED) is 0.776. The van der Waals surface area contributed by atoms with Gasteiger partial charge in [0.05, 0.1) is 12.3 Å². The fourth-order valence-electron chi connectivity index (χ4n) is 5.92. The second-order valence-corrected chi connectivity index (χ2v) is 9.76. The van der Waals surface area contributed by atoms with Gasteiger partial charge in [0.2, 0.25) is 0 Å². The minimum atomic E-state index is 0.0598. The Balaban J connectivity index is 1.34. The van der Waals surface area contributed by atoms with Crippen LogP contribution >= 0.6 is 0 Å². The zero-order chi connectivity index (χ0) is 21.9. The molecule has 7 nitrogen and oxygen atoms in total. The van der Waals surface area contributed by atoms with E-state index in [1.165, 1.54) is 32.1 Å². The van der Waals surface area contributed by atoms with E-state index in [9.17, 15) is 9.90 Å². The molecule has 3 fully saturated rings. The van der Waals surface area contributed by atoms with Crippen molar-refractivity contribution in [3.05, 3.63) is 35.8 Å². The number of aliphatic hydroxyl groups excluding tert-OH is 1. The maximum atomic E-state index is 13.6. The van der Waals surface area contributed by atoms with E-state index in [-0.39, 0.29) is 18.6 Å². The molecule has 0 unspecified atom stereocenters. The van der Waals surface area contributed by atoms with Crippen molar-refractivity contribution in [2.45, 2.75) is 70.0 Å². The molecule has 0 radical (unpaired) electrons. The number of aliphatic hydroxyl groups is 1. The number of hydrogen-bond acceptors (Lipinski definition) is 5. The molecule has 1 aliphatic carbocycles. The van der Waals surface area contributed by atoms with Crippen molar-refractivity contribution < 1.29 is 9.90 Å². The highest BCUT2D eigenvalue weighted by Crippen LogP contribution is 2.25. The SMILES string of the molecule is O=C(c1nc2ccccn2c1CN1CCCC[C@H]1CO)N1CCN(C2CCCCC2)CC1. The van der Waals surface area contributed by atoms with E-state index in [2.05, 4.69) is 14.2 Å². The molecular formula is C25H37N5O2. The summed E-state index contributed by atoms with van der Waals surface area (Å²) >= 11 is 0. The summed E-state index contributed by atoms with van der Waals surface area (Å²) in [5.41, 5.74) is 2.37. The Hall–Kier alpha value is -1.96. The summed E-state index contributed by atoms with van der Waals surface area (Å²) in [6.45, 7) is 5.29. The lowest BCUT2D eigenvalue weighted by Crippen LogP contribution is -2.52. The topological polar surface area (TPSA) is 64.3 Å². The summed E-state index contributed by atoms with van der Waals surface area (Å²) in [6, 6.07) is 6.82. The molecule has 3 aliphatic rings. The molecule has 1 atom stereocenters. The van der Waals surface area contributed by atoms with Gasteiger partial charge in [0.1, 0.15) is 5.65 Å². The summed E-state index contributed by atoms with van der Waals surface area (Å²) in [4.78, 5) is 25.4. The van der Waals surface area contributed by atoms with E-state index in [1.807, 2.05) is 29.3 Å². The highest BCUT2D eigenvalue weighted by Gasteiger charge is 2.31. The minimum absolute atomic E-state index is 0.0598. The van der Waals surface area contributed by atoms with Crippen molar-refractivity contribution in [1.29, 1.82) is 0 Å². The molecule has 2 aliphatic heterocycles. The van der Waals surface area contributed by atoms with Gasteiger partial charge in [-0.05, 0) is 44.4 Å². The van der Waals surface area contributed by atoms with Gasteiger partial charge >= 0.3 is 0 Å². The van der Waals surface area contributed by atoms with Gasteiger partial charge in [-0.2, -0.15) is 0 Å². The molecule has 0 spiro atoms. The predicted octanol–water partition coefficient (Wildman–Crippen LogP) is 2.77. The summed E-state index contributed by atoms with van der Waals surface area (Å²) in [6.07, 6.45) is 12.0. The fourth-order valence-corrected chi connectivity index (χ4v) is 5.92. The number of piperazine rings is 1. The van der Waals surface area contributed by atoms with Gasteiger partial charge in [-0.25, -0.2) is 4.98 Å². The van der Waals surface area contributed by atoms with E-state index < -0.39 is 0 Å². The van der Waals surface area contributed by atoms with Crippen LogP contribution in [0.15, 0.2) is 24.4 Å². The Morgan fingerprint density at radius 3 is 2.53 bits per heavy atom. The molecule has 1 amide bonds. The lowest BCUT2D eigenvalue weighted by molar-refractivity contribution is 0.0513. The number of likely N-dealkylation sites (tertiary alicyclic amines) is 1. The van der Waals surface area contributed by atoms with E-state index in [0.29, 0.717) is 18.3 Å². The van der Waals surface area contributed by atoms with Crippen LogP contribution in [0.3, 0.4) is 0 Å². The summed E-state index contributed by atoms with van der Waals surface area (Å²) in [5, 5.41) is 9.87. The Labute approximate surface area is 191 Å². The Bertz CT molecular complexity index is 914. The number of hydrogen-bond donors (Lipinski definition) is 1. The largest absolute Gasteiger partial charge is 0.395 e. The molecule has 5 rings (SSSR count). The average molecular weight is 440 g/mol. The van der Waals surface area contributed by atoms with Crippen molar-refractivity contribution in [3.8, 4) is 0 Å². The monoisotopic (exact) mass is 439 g/mol. The number of carbonyl (C=O) groups is 1. The predicted molar refractivity (Wildman–Crippen MR) is 125 cm³/mol. The maximum Gasteiger partial charge on any atom is 0.274 e. The van der Waals surface area contributed by atoms with Gasteiger partial charge in [0.15, 0.2) is 5.69 Å². The van der Waals surface area contributed by atoms with E-state index in [4.69, 9.17) is 4.98 Å². The van der Waals surface area contributed by atoms with Crippen LogP contribution in [0.25, 0.3) is 5.65 Å². The third-order valence-electron chi connectivity index (χ3n) is 7.84. The molecule has 7 heteroatoms. The molecule has 0 aromatic carbocycles. The molecule has 1 N–H and O–H groups in total. The number of rotatable bonds is 5. The van der Waals surface area contributed by atoms with Crippen molar-refractivity contribution >= 4 is 11.6 Å². The van der Waals surface area contributed by atoms with E-state index in [1.54, 1.807) is 0 Å². The normalized spacial score (nSPS) is 24.3. The van der Waals surface area contributed by atoms with Crippen LogP contribution in [0, 0.1) is 0 Å². The zero-order valence-corrected chi connectivity index (χ0v) is 19.2. The number of amides is 1. The van der Waals surface area contributed by atoms with Crippen LogP contribution in [0.2, 0.25) is 0 Å². The molecule has 4 heterocycles. The minimum Gasteiger partial charge on any atom is -0.395 e. The van der Waals surface area contributed by atoms with Crippen molar-refractivity contribution in [1.82, 2.24) is 24.1 Å². The van der Waals surface area contributed by atoms with Crippen molar-refractivity contribution in [3.63, 3.8) is 0 Å². The Morgan fingerprint density at radius 1 is 0.969 bits per heavy atom. The van der Waals surface area contributed by atoms with Gasteiger partial charge < -0.3 is 14.4 Å². The summed E-state index contributed by atoms with van der Waals surface area (Å²) in [7, 11) is 0. The molecular weight excluding hydrogens is 402 g/mol. The van der Waals surface area contributed by atoms with Gasteiger partial charge in [-0.3, -0.25) is 14.6 Å². The van der Waals surface area contributed by atoms with E-state index in [0.717, 1.165) is 63.3 Å². The highest BCUT2D eigenvalue weighted by atomic mass is 16.3. The Kier molecular flexibility index (Phi) is 6.76. The number of piperidine rings is 1. The molecule has 2 aromatic heterocycles. The molecule has 2 aromatic rings. The Morgan fingerprint density at radius 2 is 1.75 bits per heavy atom. The van der Waals surface area contributed by atoms with Gasteiger partial charge in [0.25, 0.3) is 5.91 Å². The van der Waals surface area contributed by atoms with Crippen molar-refractivity contribution in [2.75, 3.05) is 39.3 Å². The summed E-state index contributed by atoms with van der Waals surface area (Å²) < 4.78 is 2.06. The number of nitrogens with zero attached hydrogens (tertiary/aromatic N) is 5. The number of carbonyl (C=O) groups excluding carboxylic acids is 1. The zero-order valence-electron chi connectivity index (χ0n) is 19.2. The van der Waals surface area contributed by atoms with Crippen LogP contribution in [-0.4, -0.2) is 86.5 Å². The van der Waals surface area contributed by atoms with E-state index >= 15 is 0 Å². The van der Waals surface area contributed by atoms with Crippen LogP contribution < -0.4 is 0 Å². The molecule has 1 saturated carbocycles. The lowest BCUT2D eigenvalue weighted by Gasteiger charge is -2.40. The van der Waals surface area contributed by atoms with Gasteiger partial charge in [-0.1, -0.05) is 31.7 Å². The smallest absolute Gasteiger partial charge is 0.274 e. The fraction of sp³-hybridized carbons (Fsp3) is 0.680. The lowest BCUT2D eigenvalue weighted by atomic mass is 9.94. The van der Waals surface area contributed by atoms with Crippen molar-refractivity contribution in [2.24, 2.45) is 0 Å². The third kappa shape index (κ3) is 4.43. The highest BCUT2D eigenvalue weighted by molar-refractivity contribution is 5.94. The average Bonchev–Trinajstić information content (AvgIpc) is 3.23. The number of fused-ring (bicyclic) bond motifs is 1. The van der Waals surface area contributed by atoms with Crippen LogP contribution in [0.5, 0.6) is 0 Å². The first kappa shape index (κ1) is 21.9. The number of aromatic nitrogens is 2. The van der Waals surface area contributed by atoms with Crippen LogP contribution in [0.4, 0.5) is 0 Å². The first-order valence-corrected chi connectivity index (χ1v) is 12.6. The molecule has 32 heavy (non-hydrogen) atoms. The summed E-state index contributed by atoms with van der Waals surface area (Å²) in [5.74, 6) is 0.0598. The third-order valence-corrected chi connectivity index (χ3v) is 7.84. The second kappa shape index (κ2) is 9.89. The molecule has 0 bridgehead atoms. The second-order valence-electron chi connectivity index (χ2n) is 9.76. The van der Waals surface area contributed by atoms with Crippen LogP contribution in [0.1, 0.15) is 67.5 Å².